The summed E-state index contributed by atoms with van der Waals surface area (Å²) >= 11 is 0. The van der Waals surface area contributed by atoms with Crippen LogP contribution < -0.4 is 10.1 Å². The predicted molar refractivity (Wildman–Crippen MR) is 87.2 cm³/mol. The highest BCUT2D eigenvalue weighted by atomic mass is 16.5. The largest absolute Gasteiger partial charge is 0.487 e. The molecule has 3 rings (SSSR count). The third-order valence-electron chi connectivity index (χ3n) is 3.96. The highest BCUT2D eigenvalue weighted by molar-refractivity contribution is 5.94. The quantitative estimate of drug-likeness (QED) is 0.908. The standard InChI is InChI=1S/C19H21NO2/c1-13-7-6-8-14(11-13)18(21)20-16-12-19(2,3)22-17-10-5-4-9-15(16)17/h4-11,16H,12H2,1-3H3,(H,20,21). The number of benzene rings is 2. The number of hydrogen-bond acceptors (Lipinski definition) is 2. The Hall–Kier alpha value is -2.29. The second-order valence-electron chi connectivity index (χ2n) is 6.50. The molecule has 1 heterocycles. The molecule has 0 aliphatic carbocycles. The van der Waals surface area contributed by atoms with Crippen LogP contribution in [0.5, 0.6) is 5.75 Å². The SMILES string of the molecule is Cc1cccc(C(=O)NC2CC(C)(C)Oc3ccccc32)c1. The fourth-order valence-corrected chi connectivity index (χ4v) is 2.96. The van der Waals surface area contributed by atoms with Gasteiger partial charge in [0.2, 0.25) is 0 Å². The van der Waals surface area contributed by atoms with Crippen molar-refractivity contribution >= 4 is 5.91 Å². The van der Waals surface area contributed by atoms with E-state index in [0.29, 0.717) is 5.56 Å². The van der Waals surface area contributed by atoms with Gasteiger partial charge in [-0.3, -0.25) is 4.79 Å². The van der Waals surface area contributed by atoms with Gasteiger partial charge in [-0.2, -0.15) is 0 Å². The third kappa shape index (κ3) is 2.98. The van der Waals surface area contributed by atoms with Crippen LogP contribution >= 0.6 is 0 Å². The number of para-hydroxylation sites is 1. The van der Waals surface area contributed by atoms with E-state index in [-0.39, 0.29) is 17.6 Å². The molecule has 3 nitrogen and oxygen atoms in total. The molecule has 2 aromatic rings. The van der Waals surface area contributed by atoms with Crippen LogP contribution in [0, 0.1) is 6.92 Å². The minimum atomic E-state index is -0.293. The van der Waals surface area contributed by atoms with E-state index < -0.39 is 0 Å². The number of carbonyl (C=O) groups excluding carboxylic acids is 1. The fraction of sp³-hybridized carbons (Fsp3) is 0.316. The Labute approximate surface area is 131 Å². The normalized spacial score (nSPS) is 19.0. The number of aryl methyl sites for hydroxylation is 1. The van der Waals surface area contributed by atoms with Gasteiger partial charge in [-0.25, -0.2) is 0 Å². The zero-order valence-corrected chi connectivity index (χ0v) is 13.2. The lowest BCUT2D eigenvalue weighted by Crippen LogP contribution is -2.41. The fourth-order valence-electron chi connectivity index (χ4n) is 2.96. The highest BCUT2D eigenvalue weighted by Gasteiger charge is 2.34. The van der Waals surface area contributed by atoms with Gasteiger partial charge in [-0.15, -0.1) is 0 Å². The lowest BCUT2D eigenvalue weighted by Gasteiger charge is -2.37. The van der Waals surface area contributed by atoms with Gasteiger partial charge in [0, 0.05) is 17.5 Å². The predicted octanol–water partition coefficient (Wildman–Crippen LogP) is 4.03. The molecule has 1 aliphatic rings. The van der Waals surface area contributed by atoms with Crippen molar-refractivity contribution in [3.8, 4) is 5.75 Å². The van der Waals surface area contributed by atoms with Gasteiger partial charge in [-0.05, 0) is 39.0 Å². The van der Waals surface area contributed by atoms with E-state index in [2.05, 4.69) is 19.2 Å². The molecule has 1 atom stereocenters. The van der Waals surface area contributed by atoms with Crippen LogP contribution in [0.4, 0.5) is 0 Å². The van der Waals surface area contributed by atoms with E-state index in [0.717, 1.165) is 23.3 Å². The molecule has 0 radical (unpaired) electrons. The van der Waals surface area contributed by atoms with Crippen molar-refractivity contribution in [3.63, 3.8) is 0 Å². The van der Waals surface area contributed by atoms with Crippen LogP contribution in [0.15, 0.2) is 48.5 Å². The average molecular weight is 295 g/mol. The number of carbonyl (C=O) groups is 1. The molecule has 22 heavy (non-hydrogen) atoms. The molecule has 114 valence electrons. The van der Waals surface area contributed by atoms with Crippen molar-refractivity contribution in [2.24, 2.45) is 0 Å². The monoisotopic (exact) mass is 295 g/mol. The first-order valence-corrected chi connectivity index (χ1v) is 7.60. The van der Waals surface area contributed by atoms with Crippen molar-refractivity contribution in [2.75, 3.05) is 0 Å². The van der Waals surface area contributed by atoms with Crippen LogP contribution in [-0.4, -0.2) is 11.5 Å². The summed E-state index contributed by atoms with van der Waals surface area (Å²) in [6.45, 7) is 6.09. The van der Waals surface area contributed by atoms with Crippen LogP contribution in [0.1, 0.15) is 47.8 Å². The van der Waals surface area contributed by atoms with Crippen molar-refractivity contribution in [1.82, 2.24) is 5.32 Å². The highest BCUT2D eigenvalue weighted by Crippen LogP contribution is 2.39. The molecule has 3 heteroatoms. The first-order chi connectivity index (χ1) is 10.4. The molecule has 0 saturated carbocycles. The summed E-state index contributed by atoms with van der Waals surface area (Å²) in [6, 6.07) is 15.5. The molecule has 1 amide bonds. The third-order valence-corrected chi connectivity index (χ3v) is 3.96. The molecule has 0 saturated heterocycles. The van der Waals surface area contributed by atoms with E-state index in [1.54, 1.807) is 0 Å². The number of nitrogens with one attached hydrogen (secondary N) is 1. The number of fused-ring (bicyclic) bond motifs is 1. The summed E-state index contributed by atoms with van der Waals surface area (Å²) in [6.07, 6.45) is 0.752. The average Bonchev–Trinajstić information content (AvgIpc) is 2.46. The summed E-state index contributed by atoms with van der Waals surface area (Å²) in [5.74, 6) is 0.814. The van der Waals surface area contributed by atoms with Crippen molar-refractivity contribution in [1.29, 1.82) is 0 Å². The Morgan fingerprint density at radius 3 is 2.73 bits per heavy atom. The Balaban J connectivity index is 1.87. The molecule has 1 N–H and O–H groups in total. The van der Waals surface area contributed by atoms with Crippen LogP contribution in [0.2, 0.25) is 0 Å². The van der Waals surface area contributed by atoms with E-state index >= 15 is 0 Å². The van der Waals surface area contributed by atoms with E-state index in [4.69, 9.17) is 4.74 Å². The van der Waals surface area contributed by atoms with Gasteiger partial charge in [0.05, 0.1) is 6.04 Å². The maximum atomic E-state index is 12.5. The van der Waals surface area contributed by atoms with E-state index in [1.165, 1.54) is 0 Å². The second kappa shape index (κ2) is 5.48. The van der Waals surface area contributed by atoms with E-state index in [1.807, 2.05) is 55.5 Å². The Morgan fingerprint density at radius 1 is 1.18 bits per heavy atom. The van der Waals surface area contributed by atoms with Gasteiger partial charge in [0.15, 0.2) is 0 Å². The summed E-state index contributed by atoms with van der Waals surface area (Å²) in [4.78, 5) is 12.5. The molecule has 0 bridgehead atoms. The number of amides is 1. The second-order valence-corrected chi connectivity index (χ2v) is 6.50. The molecular weight excluding hydrogens is 274 g/mol. The first-order valence-electron chi connectivity index (χ1n) is 7.60. The summed E-state index contributed by atoms with van der Waals surface area (Å²) in [7, 11) is 0. The minimum Gasteiger partial charge on any atom is -0.487 e. The lowest BCUT2D eigenvalue weighted by atomic mass is 9.89. The molecule has 2 aromatic carbocycles. The molecule has 0 fully saturated rings. The first kappa shape index (κ1) is 14.6. The van der Waals surface area contributed by atoms with Crippen LogP contribution in [-0.2, 0) is 0 Å². The zero-order chi connectivity index (χ0) is 15.7. The van der Waals surface area contributed by atoms with Crippen LogP contribution in [0.25, 0.3) is 0 Å². The van der Waals surface area contributed by atoms with Gasteiger partial charge in [0.25, 0.3) is 5.91 Å². The number of ether oxygens (including phenoxy) is 1. The summed E-state index contributed by atoms with van der Waals surface area (Å²) < 4.78 is 6.00. The number of hydrogen-bond donors (Lipinski definition) is 1. The Kier molecular flexibility index (Phi) is 3.65. The summed E-state index contributed by atoms with van der Waals surface area (Å²) in [5, 5.41) is 3.16. The topological polar surface area (TPSA) is 38.3 Å². The number of rotatable bonds is 2. The van der Waals surface area contributed by atoms with Gasteiger partial charge >= 0.3 is 0 Å². The Morgan fingerprint density at radius 2 is 1.95 bits per heavy atom. The van der Waals surface area contributed by atoms with Crippen molar-refractivity contribution < 1.29 is 9.53 Å². The molecule has 1 unspecified atom stereocenters. The summed E-state index contributed by atoms with van der Waals surface area (Å²) in [5.41, 5.74) is 2.53. The maximum Gasteiger partial charge on any atom is 0.251 e. The van der Waals surface area contributed by atoms with Crippen molar-refractivity contribution in [2.45, 2.75) is 38.8 Å². The van der Waals surface area contributed by atoms with Crippen molar-refractivity contribution in [3.05, 3.63) is 65.2 Å². The zero-order valence-electron chi connectivity index (χ0n) is 13.2. The smallest absolute Gasteiger partial charge is 0.251 e. The molecular formula is C19H21NO2. The molecule has 1 aliphatic heterocycles. The Bertz CT molecular complexity index is 706. The van der Waals surface area contributed by atoms with Gasteiger partial charge in [0.1, 0.15) is 11.4 Å². The lowest BCUT2D eigenvalue weighted by molar-refractivity contribution is 0.0619. The maximum absolute atomic E-state index is 12.5. The minimum absolute atomic E-state index is 0.0343. The van der Waals surface area contributed by atoms with Gasteiger partial charge < -0.3 is 10.1 Å². The van der Waals surface area contributed by atoms with Gasteiger partial charge in [-0.1, -0.05) is 35.9 Å². The molecule has 0 aromatic heterocycles. The molecule has 0 spiro atoms. The van der Waals surface area contributed by atoms with E-state index in [9.17, 15) is 4.79 Å². The van der Waals surface area contributed by atoms with Crippen LogP contribution in [0.3, 0.4) is 0 Å².